The van der Waals surface area contributed by atoms with E-state index in [9.17, 15) is 0 Å². The van der Waals surface area contributed by atoms with Crippen LogP contribution in [0.3, 0.4) is 0 Å². The third kappa shape index (κ3) is 4.14. The molecule has 1 aromatic rings. The van der Waals surface area contributed by atoms with Crippen molar-refractivity contribution >= 4 is 5.69 Å². The van der Waals surface area contributed by atoms with Crippen LogP contribution < -0.4 is 15.4 Å². The standard InChI is InChI=1S/C17H28N2O/c1-3-6-14(2)13-20-17-8-5-4-7-16(17)19-11-9-15(18)10-12-19/h4-5,7-8,14-15H,3,6,9-13,18H2,1-2H3. The first kappa shape index (κ1) is 15.2. The van der Waals surface area contributed by atoms with Crippen LogP contribution in [0.1, 0.15) is 39.5 Å². The molecule has 0 bridgehead atoms. The first-order valence-electron chi connectivity index (χ1n) is 7.93. The van der Waals surface area contributed by atoms with Gasteiger partial charge in [-0.1, -0.05) is 32.4 Å². The summed E-state index contributed by atoms with van der Waals surface area (Å²) in [6, 6.07) is 8.76. The van der Waals surface area contributed by atoms with Gasteiger partial charge in [0.2, 0.25) is 0 Å². The molecule has 1 atom stereocenters. The molecular weight excluding hydrogens is 248 g/mol. The summed E-state index contributed by atoms with van der Waals surface area (Å²) in [7, 11) is 0. The highest BCUT2D eigenvalue weighted by molar-refractivity contribution is 5.58. The van der Waals surface area contributed by atoms with E-state index >= 15 is 0 Å². The highest BCUT2D eigenvalue weighted by Crippen LogP contribution is 2.30. The largest absolute Gasteiger partial charge is 0.491 e. The Morgan fingerprint density at radius 1 is 1.30 bits per heavy atom. The number of nitrogens with two attached hydrogens (primary N) is 1. The molecule has 0 saturated carbocycles. The molecule has 1 unspecified atom stereocenters. The molecule has 0 radical (unpaired) electrons. The zero-order valence-electron chi connectivity index (χ0n) is 12.8. The van der Waals surface area contributed by atoms with Crippen molar-refractivity contribution < 1.29 is 4.74 Å². The molecular formula is C17H28N2O. The SMILES string of the molecule is CCCC(C)COc1ccccc1N1CCC(N)CC1. The molecule has 20 heavy (non-hydrogen) atoms. The van der Waals surface area contributed by atoms with E-state index < -0.39 is 0 Å². The predicted octanol–water partition coefficient (Wildman–Crippen LogP) is 3.43. The quantitative estimate of drug-likeness (QED) is 0.865. The summed E-state index contributed by atoms with van der Waals surface area (Å²) in [5.74, 6) is 1.63. The highest BCUT2D eigenvalue weighted by atomic mass is 16.5. The van der Waals surface area contributed by atoms with Crippen LogP contribution in [0.25, 0.3) is 0 Å². The molecule has 3 heteroatoms. The van der Waals surface area contributed by atoms with Crippen LogP contribution in [0.5, 0.6) is 5.75 Å². The lowest BCUT2D eigenvalue weighted by Gasteiger charge is -2.33. The van der Waals surface area contributed by atoms with Gasteiger partial charge in [-0.15, -0.1) is 0 Å². The number of hydrogen-bond donors (Lipinski definition) is 1. The van der Waals surface area contributed by atoms with Gasteiger partial charge < -0.3 is 15.4 Å². The zero-order chi connectivity index (χ0) is 14.4. The molecule has 3 nitrogen and oxygen atoms in total. The van der Waals surface area contributed by atoms with Gasteiger partial charge in [0, 0.05) is 19.1 Å². The molecule has 1 aliphatic rings. The van der Waals surface area contributed by atoms with Crippen molar-refractivity contribution in [3.8, 4) is 5.75 Å². The number of benzene rings is 1. The number of hydrogen-bond acceptors (Lipinski definition) is 3. The van der Waals surface area contributed by atoms with Crippen molar-refractivity contribution in [3.05, 3.63) is 24.3 Å². The summed E-state index contributed by atoms with van der Waals surface area (Å²) in [4.78, 5) is 2.41. The molecule has 2 N–H and O–H groups in total. The third-order valence-corrected chi connectivity index (χ3v) is 4.05. The Bertz CT molecular complexity index is 400. The molecule has 0 amide bonds. The number of ether oxygens (including phenoxy) is 1. The normalized spacial score (nSPS) is 18.1. The maximum atomic E-state index is 6.06. The Kier molecular flexibility index (Phi) is 5.72. The average molecular weight is 276 g/mol. The van der Waals surface area contributed by atoms with E-state index in [1.54, 1.807) is 0 Å². The number of anilines is 1. The third-order valence-electron chi connectivity index (χ3n) is 4.05. The Labute approximate surface area is 123 Å². The van der Waals surface area contributed by atoms with E-state index in [-0.39, 0.29) is 0 Å². The van der Waals surface area contributed by atoms with Gasteiger partial charge in [0.15, 0.2) is 0 Å². The molecule has 1 fully saturated rings. The van der Waals surface area contributed by atoms with Crippen LogP contribution in [0.15, 0.2) is 24.3 Å². The molecule has 1 saturated heterocycles. The fraction of sp³-hybridized carbons (Fsp3) is 0.647. The van der Waals surface area contributed by atoms with Gasteiger partial charge in [-0.3, -0.25) is 0 Å². The summed E-state index contributed by atoms with van der Waals surface area (Å²) < 4.78 is 6.06. The van der Waals surface area contributed by atoms with Gasteiger partial charge in [-0.25, -0.2) is 0 Å². The van der Waals surface area contributed by atoms with Gasteiger partial charge in [0.25, 0.3) is 0 Å². The molecule has 1 aliphatic heterocycles. The van der Waals surface area contributed by atoms with Crippen LogP contribution in [0.4, 0.5) is 5.69 Å². The molecule has 1 aromatic carbocycles. The summed E-state index contributed by atoms with van der Waals surface area (Å²) in [6.07, 6.45) is 4.58. The molecule has 0 aliphatic carbocycles. The van der Waals surface area contributed by atoms with Gasteiger partial charge in [-0.05, 0) is 37.3 Å². The van der Waals surface area contributed by atoms with E-state index in [0.717, 1.165) is 38.3 Å². The lowest BCUT2D eigenvalue weighted by Crippen LogP contribution is -2.39. The van der Waals surface area contributed by atoms with E-state index in [4.69, 9.17) is 10.5 Å². The van der Waals surface area contributed by atoms with Crippen molar-refractivity contribution in [1.82, 2.24) is 0 Å². The fourth-order valence-electron chi connectivity index (χ4n) is 2.79. The van der Waals surface area contributed by atoms with Crippen molar-refractivity contribution in [2.45, 2.75) is 45.6 Å². The molecule has 0 aromatic heterocycles. The Morgan fingerprint density at radius 2 is 2.00 bits per heavy atom. The van der Waals surface area contributed by atoms with Gasteiger partial charge in [0.1, 0.15) is 5.75 Å². The molecule has 1 heterocycles. The first-order valence-corrected chi connectivity index (χ1v) is 7.93. The van der Waals surface area contributed by atoms with Crippen molar-refractivity contribution in [1.29, 1.82) is 0 Å². The lowest BCUT2D eigenvalue weighted by atomic mass is 10.1. The Balaban J connectivity index is 1.99. The molecule has 2 rings (SSSR count). The van der Waals surface area contributed by atoms with Crippen molar-refractivity contribution in [2.75, 3.05) is 24.6 Å². The number of nitrogens with zero attached hydrogens (tertiary/aromatic N) is 1. The van der Waals surface area contributed by atoms with Crippen molar-refractivity contribution in [2.24, 2.45) is 11.7 Å². The Morgan fingerprint density at radius 3 is 2.70 bits per heavy atom. The second-order valence-corrected chi connectivity index (χ2v) is 6.00. The van der Waals surface area contributed by atoms with Crippen LogP contribution in [-0.2, 0) is 0 Å². The summed E-state index contributed by atoms with van der Waals surface area (Å²) in [6.45, 7) is 7.35. The minimum atomic E-state index is 0.365. The number of piperidine rings is 1. The molecule has 112 valence electrons. The highest BCUT2D eigenvalue weighted by Gasteiger charge is 2.19. The summed E-state index contributed by atoms with van der Waals surface area (Å²) in [5, 5.41) is 0. The molecule has 0 spiro atoms. The predicted molar refractivity (Wildman–Crippen MR) is 85.4 cm³/mol. The first-order chi connectivity index (χ1) is 9.70. The Hall–Kier alpha value is -1.22. The number of para-hydroxylation sites is 2. The number of rotatable bonds is 6. The van der Waals surface area contributed by atoms with E-state index in [1.807, 2.05) is 0 Å². The van der Waals surface area contributed by atoms with Gasteiger partial charge >= 0.3 is 0 Å². The van der Waals surface area contributed by atoms with Crippen LogP contribution in [0, 0.1) is 5.92 Å². The van der Waals surface area contributed by atoms with Crippen LogP contribution >= 0.6 is 0 Å². The summed E-state index contributed by atoms with van der Waals surface area (Å²) >= 11 is 0. The second-order valence-electron chi connectivity index (χ2n) is 6.00. The second kappa shape index (κ2) is 7.53. The lowest BCUT2D eigenvalue weighted by molar-refractivity contribution is 0.251. The smallest absolute Gasteiger partial charge is 0.142 e. The minimum Gasteiger partial charge on any atom is -0.491 e. The monoisotopic (exact) mass is 276 g/mol. The zero-order valence-corrected chi connectivity index (χ0v) is 12.8. The average Bonchev–Trinajstić information content (AvgIpc) is 2.47. The van der Waals surface area contributed by atoms with E-state index in [2.05, 4.69) is 43.0 Å². The maximum Gasteiger partial charge on any atom is 0.142 e. The van der Waals surface area contributed by atoms with E-state index in [0.29, 0.717) is 12.0 Å². The fourth-order valence-corrected chi connectivity index (χ4v) is 2.79. The van der Waals surface area contributed by atoms with Gasteiger partial charge in [-0.2, -0.15) is 0 Å². The van der Waals surface area contributed by atoms with Crippen molar-refractivity contribution in [3.63, 3.8) is 0 Å². The minimum absolute atomic E-state index is 0.365. The maximum absolute atomic E-state index is 6.06. The summed E-state index contributed by atoms with van der Waals surface area (Å²) in [5.41, 5.74) is 7.21. The van der Waals surface area contributed by atoms with Crippen LogP contribution in [-0.4, -0.2) is 25.7 Å². The van der Waals surface area contributed by atoms with Gasteiger partial charge in [0.05, 0.1) is 12.3 Å². The topological polar surface area (TPSA) is 38.5 Å². The van der Waals surface area contributed by atoms with E-state index in [1.165, 1.54) is 18.5 Å². The van der Waals surface area contributed by atoms with Crippen LogP contribution in [0.2, 0.25) is 0 Å².